The molecular weight excluding hydrogens is 470 g/mol. The van der Waals surface area contributed by atoms with E-state index in [0.29, 0.717) is 22.0 Å². The van der Waals surface area contributed by atoms with Crippen LogP contribution in [0.4, 0.5) is 10.8 Å². The zero-order chi connectivity index (χ0) is 24.9. The number of fused-ring (bicyclic) bond motifs is 1. The van der Waals surface area contributed by atoms with E-state index in [0.717, 1.165) is 16.7 Å². The van der Waals surface area contributed by atoms with Gasteiger partial charge >= 0.3 is 0 Å². The predicted molar refractivity (Wildman–Crippen MR) is 130 cm³/mol. The molecule has 1 atom stereocenters. The van der Waals surface area contributed by atoms with Crippen LogP contribution >= 0.6 is 11.3 Å². The molecule has 10 heteroatoms. The fourth-order valence-corrected chi connectivity index (χ4v) is 5.15. The molecular formula is C25H19N3O6S. The van der Waals surface area contributed by atoms with E-state index in [1.54, 1.807) is 13.0 Å². The summed E-state index contributed by atoms with van der Waals surface area (Å²) in [5.74, 6) is -1.67. The first-order chi connectivity index (χ1) is 16.8. The first kappa shape index (κ1) is 22.5. The van der Waals surface area contributed by atoms with Crippen molar-refractivity contribution in [2.24, 2.45) is 0 Å². The van der Waals surface area contributed by atoms with E-state index in [4.69, 9.17) is 4.42 Å². The number of Topliss-reactive ketones (excluding diaryl/α,β-unsaturated/α-hetero) is 1. The summed E-state index contributed by atoms with van der Waals surface area (Å²) in [5, 5.41) is 22.3. The van der Waals surface area contributed by atoms with Gasteiger partial charge in [0.1, 0.15) is 5.76 Å². The smallest absolute Gasteiger partial charge is 0.296 e. The Kier molecular flexibility index (Phi) is 5.45. The average Bonchev–Trinajstić information content (AvgIpc) is 3.54. The highest BCUT2D eigenvalue weighted by molar-refractivity contribution is 7.22. The molecule has 2 aromatic heterocycles. The quantitative estimate of drug-likeness (QED) is 0.217. The van der Waals surface area contributed by atoms with E-state index in [1.807, 2.05) is 25.1 Å². The molecule has 0 radical (unpaired) electrons. The number of aromatic nitrogens is 1. The number of nitro benzene ring substituents is 1. The molecule has 1 aliphatic rings. The van der Waals surface area contributed by atoms with Crippen molar-refractivity contribution in [3.05, 3.63) is 98.7 Å². The molecule has 1 N–H and O–H groups in total. The van der Waals surface area contributed by atoms with E-state index in [1.165, 1.54) is 46.6 Å². The van der Waals surface area contributed by atoms with Gasteiger partial charge in [0.2, 0.25) is 5.78 Å². The second kappa shape index (κ2) is 8.48. The number of carbonyl (C=O) groups excluding carboxylic acids is 2. The zero-order valence-electron chi connectivity index (χ0n) is 18.7. The number of aryl methyl sites for hydroxylation is 2. The summed E-state index contributed by atoms with van der Waals surface area (Å²) in [6.07, 6.45) is 0.834. The van der Waals surface area contributed by atoms with E-state index >= 15 is 0 Å². The van der Waals surface area contributed by atoms with Gasteiger partial charge in [-0.2, -0.15) is 0 Å². The molecule has 4 aromatic rings. The van der Waals surface area contributed by atoms with Crippen molar-refractivity contribution in [1.29, 1.82) is 0 Å². The lowest BCUT2D eigenvalue weighted by Crippen LogP contribution is -2.30. The topological polar surface area (TPSA) is 127 Å². The largest absolute Gasteiger partial charge is 0.503 e. The number of aliphatic hydroxyl groups excluding tert-OH is 1. The number of rotatable bonds is 6. The first-order valence-corrected chi connectivity index (χ1v) is 11.6. The Morgan fingerprint density at radius 1 is 1.20 bits per heavy atom. The van der Waals surface area contributed by atoms with Crippen molar-refractivity contribution in [3.63, 3.8) is 0 Å². The van der Waals surface area contributed by atoms with Crippen LogP contribution in [0, 0.1) is 17.0 Å². The number of nitro groups is 1. The molecule has 176 valence electrons. The maximum Gasteiger partial charge on any atom is 0.296 e. The van der Waals surface area contributed by atoms with Gasteiger partial charge in [-0.05, 0) is 60.9 Å². The number of thiazole rings is 1. The third-order valence-corrected chi connectivity index (χ3v) is 6.91. The van der Waals surface area contributed by atoms with E-state index in [-0.39, 0.29) is 17.0 Å². The average molecular weight is 490 g/mol. The molecule has 2 aromatic carbocycles. The summed E-state index contributed by atoms with van der Waals surface area (Å²) < 4.78 is 6.32. The number of non-ortho nitro benzene ring substituents is 1. The predicted octanol–water partition coefficient (Wildman–Crippen LogP) is 5.45. The standard InChI is InChI=1S/C25H19N3O6S/c1-3-14-5-10-17-19(12-14)35-25(26-17)27-21(15-6-8-16(9-7-15)28(32)33)20(23(30)24(27)31)22(29)18-11-4-13(2)34-18/h4-12,21,30H,3H2,1-2H3/t21-/m0/s1. The SMILES string of the molecule is CCc1ccc2nc(N3C(=O)C(O)=C(C(=O)c4ccc(C)o4)[C@@H]3c3ccc([N+](=O)[O-])cc3)sc2c1. The molecule has 1 aliphatic heterocycles. The number of aliphatic hydroxyl groups is 1. The van der Waals surface area contributed by atoms with Gasteiger partial charge in [0.05, 0.1) is 26.8 Å². The second-order valence-corrected chi connectivity index (χ2v) is 9.09. The molecule has 0 saturated carbocycles. The highest BCUT2D eigenvalue weighted by atomic mass is 32.1. The normalized spacial score (nSPS) is 15.9. The van der Waals surface area contributed by atoms with Gasteiger partial charge in [-0.3, -0.25) is 24.6 Å². The molecule has 5 rings (SSSR count). The van der Waals surface area contributed by atoms with Gasteiger partial charge in [-0.1, -0.05) is 24.3 Å². The lowest BCUT2D eigenvalue weighted by Gasteiger charge is -2.24. The van der Waals surface area contributed by atoms with Gasteiger partial charge in [-0.25, -0.2) is 4.98 Å². The van der Waals surface area contributed by atoms with E-state index < -0.39 is 28.4 Å². The Balaban J connectivity index is 1.66. The van der Waals surface area contributed by atoms with E-state index in [9.17, 15) is 24.8 Å². The van der Waals surface area contributed by atoms with Crippen LogP contribution < -0.4 is 4.90 Å². The van der Waals surface area contributed by atoms with Gasteiger partial charge in [0, 0.05) is 12.1 Å². The van der Waals surface area contributed by atoms with Crippen LogP contribution in [0.15, 0.2) is 70.3 Å². The van der Waals surface area contributed by atoms with Crippen LogP contribution in [0.2, 0.25) is 0 Å². The Morgan fingerprint density at radius 3 is 2.57 bits per heavy atom. The third-order valence-electron chi connectivity index (χ3n) is 5.89. The van der Waals surface area contributed by atoms with Crippen LogP contribution in [0.5, 0.6) is 0 Å². The fraction of sp³-hybridized carbons (Fsp3) is 0.160. The summed E-state index contributed by atoms with van der Waals surface area (Å²) in [4.78, 5) is 43.2. The van der Waals surface area contributed by atoms with E-state index in [2.05, 4.69) is 4.98 Å². The lowest BCUT2D eigenvalue weighted by atomic mass is 9.95. The third kappa shape index (κ3) is 3.77. The van der Waals surface area contributed by atoms with Crippen molar-refractivity contribution in [2.45, 2.75) is 26.3 Å². The molecule has 0 aliphatic carbocycles. The van der Waals surface area contributed by atoms with Gasteiger partial charge in [0.15, 0.2) is 16.7 Å². The van der Waals surface area contributed by atoms with Crippen molar-refractivity contribution in [2.75, 3.05) is 4.90 Å². The molecule has 0 fully saturated rings. The van der Waals surface area contributed by atoms with Crippen molar-refractivity contribution in [3.8, 4) is 0 Å². The van der Waals surface area contributed by atoms with Crippen LogP contribution in [0.1, 0.15) is 40.4 Å². The molecule has 9 nitrogen and oxygen atoms in total. The van der Waals surface area contributed by atoms with Crippen LogP contribution in [0.3, 0.4) is 0 Å². The molecule has 0 saturated heterocycles. The molecule has 3 heterocycles. The minimum atomic E-state index is -1.05. The minimum absolute atomic E-state index is 0.0255. The van der Waals surface area contributed by atoms with Crippen molar-refractivity contribution < 1.29 is 24.0 Å². The Hall–Kier alpha value is -4.31. The second-order valence-electron chi connectivity index (χ2n) is 8.08. The molecule has 35 heavy (non-hydrogen) atoms. The van der Waals surface area contributed by atoms with Crippen LogP contribution in [-0.2, 0) is 11.2 Å². The minimum Gasteiger partial charge on any atom is -0.503 e. The van der Waals surface area contributed by atoms with Gasteiger partial charge < -0.3 is 9.52 Å². The number of ketones is 1. The van der Waals surface area contributed by atoms with Crippen molar-refractivity contribution in [1.82, 2.24) is 4.98 Å². The lowest BCUT2D eigenvalue weighted by molar-refractivity contribution is -0.384. The number of nitrogens with zero attached hydrogens (tertiary/aromatic N) is 3. The number of amides is 1. The Morgan fingerprint density at radius 2 is 1.94 bits per heavy atom. The highest BCUT2D eigenvalue weighted by Gasteiger charge is 2.46. The van der Waals surface area contributed by atoms with Crippen LogP contribution in [-0.4, -0.2) is 26.7 Å². The van der Waals surface area contributed by atoms with Crippen LogP contribution in [0.25, 0.3) is 10.2 Å². The summed E-state index contributed by atoms with van der Waals surface area (Å²) in [7, 11) is 0. The molecule has 0 bridgehead atoms. The summed E-state index contributed by atoms with van der Waals surface area (Å²) >= 11 is 1.26. The van der Waals surface area contributed by atoms with Gasteiger partial charge in [-0.15, -0.1) is 0 Å². The number of carbonyl (C=O) groups is 2. The maximum atomic E-state index is 13.4. The molecule has 0 unspecified atom stereocenters. The monoisotopic (exact) mass is 489 g/mol. The maximum absolute atomic E-state index is 13.4. The zero-order valence-corrected chi connectivity index (χ0v) is 19.5. The summed E-state index contributed by atoms with van der Waals surface area (Å²) in [6.45, 7) is 3.71. The number of furan rings is 1. The number of hydrogen-bond donors (Lipinski definition) is 1. The first-order valence-electron chi connectivity index (χ1n) is 10.8. The Labute approximate surface area is 203 Å². The van der Waals surface area contributed by atoms with Gasteiger partial charge in [0.25, 0.3) is 11.6 Å². The number of hydrogen-bond acceptors (Lipinski definition) is 8. The Bertz CT molecular complexity index is 1530. The van der Waals surface area contributed by atoms with Crippen molar-refractivity contribution >= 4 is 44.1 Å². The number of benzene rings is 2. The fourth-order valence-electron chi connectivity index (χ4n) is 4.10. The number of anilines is 1. The summed E-state index contributed by atoms with van der Waals surface area (Å²) in [5.41, 5.74) is 1.88. The highest BCUT2D eigenvalue weighted by Crippen LogP contribution is 2.44. The molecule has 0 spiro atoms. The summed E-state index contributed by atoms with van der Waals surface area (Å²) in [6, 6.07) is 13.3. The molecule has 1 amide bonds.